The number of ether oxygens (including phenoxy) is 1. The van der Waals surface area contributed by atoms with Crippen molar-refractivity contribution in [3.63, 3.8) is 0 Å². The Morgan fingerprint density at radius 2 is 1.60 bits per heavy atom. The van der Waals surface area contributed by atoms with Crippen molar-refractivity contribution >= 4 is 18.1 Å². The highest BCUT2D eigenvalue weighted by Crippen LogP contribution is 2.44. The van der Waals surface area contributed by atoms with Gasteiger partial charge in [0.25, 0.3) is 0 Å². The van der Waals surface area contributed by atoms with Gasteiger partial charge in [-0.3, -0.25) is 0 Å². The number of rotatable bonds is 7. The zero-order chi connectivity index (χ0) is 25.0. The fraction of sp³-hybridized carbons (Fsp3) is 0.185. The van der Waals surface area contributed by atoms with E-state index in [9.17, 15) is 27.9 Å². The molecule has 1 amide bonds. The Bertz CT molecular complexity index is 1240. The van der Waals surface area contributed by atoms with E-state index in [0.29, 0.717) is 0 Å². The Kier molecular flexibility index (Phi) is 6.91. The fourth-order valence-corrected chi connectivity index (χ4v) is 4.19. The monoisotopic (exact) mass is 481 g/mol. The standard InChI is InChI=1S/C27H22F3NO4/c28-27(29,30)18-12-13-19(25(32)33)17(15-18)7-5-6-14-31-26(34)35-16-24-22-10-3-1-8-20(22)21-9-2-4-11-23(21)24/h1-5,7-13,15,24H,6,14,16H2,(H,31,34)(H,32,33). The van der Waals surface area contributed by atoms with Crippen LogP contribution in [0, 0.1) is 0 Å². The van der Waals surface area contributed by atoms with Crippen molar-refractivity contribution in [3.8, 4) is 11.1 Å². The van der Waals surface area contributed by atoms with E-state index in [1.807, 2.05) is 48.5 Å². The van der Waals surface area contributed by atoms with E-state index in [-0.39, 0.29) is 36.6 Å². The van der Waals surface area contributed by atoms with E-state index in [1.165, 1.54) is 12.2 Å². The first-order valence-electron chi connectivity index (χ1n) is 11.0. The molecule has 8 heteroatoms. The van der Waals surface area contributed by atoms with Gasteiger partial charge in [-0.1, -0.05) is 60.7 Å². The summed E-state index contributed by atoms with van der Waals surface area (Å²) in [5, 5.41) is 11.8. The molecular weight excluding hydrogens is 459 g/mol. The highest BCUT2D eigenvalue weighted by atomic mass is 19.4. The molecule has 0 aliphatic heterocycles. The minimum absolute atomic E-state index is 0.0616. The summed E-state index contributed by atoms with van der Waals surface area (Å²) in [4.78, 5) is 23.5. The third-order valence-corrected chi connectivity index (χ3v) is 5.83. The number of carboxylic acids is 1. The molecule has 0 spiro atoms. The zero-order valence-electron chi connectivity index (χ0n) is 18.5. The first-order valence-corrected chi connectivity index (χ1v) is 11.0. The van der Waals surface area contributed by atoms with Crippen molar-refractivity contribution in [1.29, 1.82) is 0 Å². The summed E-state index contributed by atoms with van der Waals surface area (Å²) in [5.74, 6) is -1.39. The Morgan fingerprint density at radius 1 is 0.971 bits per heavy atom. The molecule has 4 rings (SSSR count). The number of halogens is 3. The van der Waals surface area contributed by atoms with Crippen molar-refractivity contribution in [3.05, 3.63) is 101 Å². The number of carbonyl (C=O) groups is 2. The number of nitrogens with one attached hydrogen (secondary N) is 1. The molecule has 2 N–H and O–H groups in total. The molecule has 3 aromatic rings. The van der Waals surface area contributed by atoms with Crippen LogP contribution in [-0.4, -0.2) is 30.3 Å². The van der Waals surface area contributed by atoms with E-state index in [4.69, 9.17) is 4.74 Å². The first-order chi connectivity index (χ1) is 16.8. The largest absolute Gasteiger partial charge is 0.478 e. The molecule has 0 bridgehead atoms. The number of benzene rings is 3. The van der Waals surface area contributed by atoms with Crippen LogP contribution < -0.4 is 5.32 Å². The summed E-state index contributed by atoms with van der Waals surface area (Å²) in [5.41, 5.74) is 3.21. The SMILES string of the molecule is O=C(NCCC=Cc1cc(C(F)(F)F)ccc1C(=O)O)OCC1c2ccccc2-c2ccccc21. The molecule has 0 aromatic heterocycles. The summed E-state index contributed by atoms with van der Waals surface area (Å²) >= 11 is 0. The maximum absolute atomic E-state index is 12.9. The number of hydrogen-bond donors (Lipinski definition) is 2. The van der Waals surface area contributed by atoms with Gasteiger partial charge in [0.05, 0.1) is 11.1 Å². The lowest BCUT2D eigenvalue weighted by Crippen LogP contribution is -2.26. The van der Waals surface area contributed by atoms with E-state index < -0.39 is 23.8 Å². The second-order valence-corrected chi connectivity index (χ2v) is 8.05. The van der Waals surface area contributed by atoms with Crippen LogP contribution in [-0.2, 0) is 10.9 Å². The highest BCUT2D eigenvalue weighted by molar-refractivity contribution is 5.92. The van der Waals surface area contributed by atoms with E-state index in [2.05, 4.69) is 5.32 Å². The lowest BCUT2D eigenvalue weighted by atomic mass is 9.98. The minimum Gasteiger partial charge on any atom is -0.478 e. The number of fused-ring (bicyclic) bond motifs is 3. The molecule has 0 fully saturated rings. The molecule has 35 heavy (non-hydrogen) atoms. The maximum atomic E-state index is 12.9. The maximum Gasteiger partial charge on any atom is 0.416 e. The topological polar surface area (TPSA) is 75.6 Å². The number of amides is 1. The predicted octanol–water partition coefficient (Wildman–Crippen LogP) is 6.35. The Hall–Kier alpha value is -4.07. The van der Waals surface area contributed by atoms with Gasteiger partial charge in [0.2, 0.25) is 0 Å². The average Bonchev–Trinajstić information content (AvgIpc) is 3.15. The second-order valence-electron chi connectivity index (χ2n) is 8.05. The van der Waals surface area contributed by atoms with Crippen LogP contribution in [0.15, 0.2) is 72.8 Å². The fourth-order valence-electron chi connectivity index (χ4n) is 4.19. The molecule has 1 aliphatic carbocycles. The molecule has 5 nitrogen and oxygen atoms in total. The molecule has 0 radical (unpaired) electrons. The number of carbonyl (C=O) groups excluding carboxylic acids is 1. The summed E-state index contributed by atoms with van der Waals surface area (Å²) in [7, 11) is 0. The molecule has 0 saturated heterocycles. The van der Waals surface area contributed by atoms with Gasteiger partial charge >= 0.3 is 18.2 Å². The molecule has 0 unspecified atom stereocenters. The van der Waals surface area contributed by atoms with Gasteiger partial charge in [0, 0.05) is 12.5 Å². The number of hydrogen-bond acceptors (Lipinski definition) is 3. The van der Waals surface area contributed by atoms with Crippen LogP contribution in [0.4, 0.5) is 18.0 Å². The molecule has 3 aromatic carbocycles. The van der Waals surface area contributed by atoms with Gasteiger partial charge < -0.3 is 15.2 Å². The lowest BCUT2D eigenvalue weighted by molar-refractivity contribution is -0.137. The van der Waals surface area contributed by atoms with Gasteiger partial charge in [0.15, 0.2) is 0 Å². The van der Waals surface area contributed by atoms with Crippen LogP contribution in [0.3, 0.4) is 0 Å². The van der Waals surface area contributed by atoms with Crippen molar-refractivity contribution in [1.82, 2.24) is 5.32 Å². The second kappa shape index (κ2) is 10.0. The van der Waals surface area contributed by atoms with E-state index >= 15 is 0 Å². The third kappa shape index (κ3) is 5.37. The van der Waals surface area contributed by atoms with Gasteiger partial charge in [-0.2, -0.15) is 13.2 Å². The molecule has 1 aliphatic rings. The number of carboxylic acid groups (broad SMARTS) is 1. The zero-order valence-corrected chi connectivity index (χ0v) is 18.5. The molecule has 0 saturated carbocycles. The van der Waals surface area contributed by atoms with E-state index in [1.54, 1.807) is 0 Å². The Labute approximate surface area is 199 Å². The predicted molar refractivity (Wildman–Crippen MR) is 125 cm³/mol. The van der Waals surface area contributed by atoms with Crippen molar-refractivity contribution in [2.24, 2.45) is 0 Å². The van der Waals surface area contributed by atoms with Crippen molar-refractivity contribution in [2.75, 3.05) is 13.2 Å². The first kappa shape index (κ1) is 24.1. The lowest BCUT2D eigenvalue weighted by Gasteiger charge is -2.14. The van der Waals surface area contributed by atoms with Gasteiger partial charge in [-0.25, -0.2) is 9.59 Å². The Balaban J connectivity index is 1.31. The van der Waals surface area contributed by atoms with Crippen LogP contribution in [0.2, 0.25) is 0 Å². The number of alkyl carbamates (subject to hydrolysis) is 1. The summed E-state index contributed by atoms with van der Waals surface area (Å²) in [6.45, 7) is 0.344. The summed E-state index contributed by atoms with van der Waals surface area (Å²) in [6.07, 6.45) is -2.10. The van der Waals surface area contributed by atoms with Crippen LogP contribution in [0.25, 0.3) is 17.2 Å². The van der Waals surface area contributed by atoms with Crippen molar-refractivity contribution in [2.45, 2.75) is 18.5 Å². The molecule has 0 atom stereocenters. The van der Waals surface area contributed by atoms with Gasteiger partial charge in [-0.15, -0.1) is 0 Å². The van der Waals surface area contributed by atoms with Gasteiger partial charge in [-0.05, 0) is 52.4 Å². The summed E-state index contributed by atoms with van der Waals surface area (Å²) in [6, 6.07) is 18.4. The average molecular weight is 481 g/mol. The van der Waals surface area contributed by atoms with E-state index in [0.717, 1.165) is 40.5 Å². The quantitative estimate of drug-likeness (QED) is 0.386. The molecule has 180 valence electrons. The molecular formula is C27H22F3NO4. The van der Waals surface area contributed by atoms with Crippen LogP contribution in [0.5, 0.6) is 0 Å². The smallest absolute Gasteiger partial charge is 0.416 e. The number of aromatic carboxylic acids is 1. The Morgan fingerprint density at radius 3 is 2.20 bits per heavy atom. The molecule has 0 heterocycles. The van der Waals surface area contributed by atoms with Gasteiger partial charge in [0.1, 0.15) is 6.61 Å². The number of alkyl halides is 3. The van der Waals surface area contributed by atoms with Crippen LogP contribution in [0.1, 0.15) is 45.0 Å². The highest BCUT2D eigenvalue weighted by Gasteiger charge is 2.31. The van der Waals surface area contributed by atoms with Crippen molar-refractivity contribution < 1.29 is 32.6 Å². The normalized spacial score (nSPS) is 12.9. The van der Waals surface area contributed by atoms with Crippen LogP contribution >= 0.6 is 0 Å². The third-order valence-electron chi connectivity index (χ3n) is 5.83. The summed E-state index contributed by atoms with van der Waals surface area (Å²) < 4.78 is 44.3. The minimum atomic E-state index is -4.58.